The molecule has 22 heavy (non-hydrogen) atoms. The van der Waals surface area contributed by atoms with Gasteiger partial charge in [0.2, 0.25) is 0 Å². The second kappa shape index (κ2) is 6.45. The van der Waals surface area contributed by atoms with Crippen molar-refractivity contribution in [1.29, 1.82) is 0 Å². The Labute approximate surface area is 122 Å². The van der Waals surface area contributed by atoms with E-state index in [-0.39, 0.29) is 19.2 Å². The number of amides is 2. The topological polar surface area (TPSA) is 32.3 Å². The molecule has 1 aromatic carbocycles. The number of carbonyl (C=O) groups excluding carboxylic acids is 1. The molecular weight excluding hydrogens is 314 g/mol. The molecule has 0 spiro atoms. The number of nitrogens with zero attached hydrogens (tertiary/aromatic N) is 1. The summed E-state index contributed by atoms with van der Waals surface area (Å²) in [4.78, 5) is 13.0. The number of alkyl halides is 6. The Morgan fingerprint density at radius 2 is 1.36 bits per heavy atom. The lowest BCUT2D eigenvalue weighted by atomic mass is 10.1. The van der Waals surface area contributed by atoms with Gasteiger partial charge < -0.3 is 10.2 Å². The van der Waals surface area contributed by atoms with E-state index in [0.29, 0.717) is 12.1 Å². The van der Waals surface area contributed by atoms with Crippen LogP contribution in [0.4, 0.5) is 36.8 Å². The normalized spacial score (nSPS) is 12.2. The van der Waals surface area contributed by atoms with Crippen molar-refractivity contribution < 1.29 is 31.1 Å². The predicted octanol–water partition coefficient (Wildman–Crippen LogP) is 4.60. The van der Waals surface area contributed by atoms with E-state index in [9.17, 15) is 31.1 Å². The molecule has 0 unspecified atom stereocenters. The van der Waals surface area contributed by atoms with E-state index in [1.807, 2.05) is 0 Å². The highest BCUT2D eigenvalue weighted by molar-refractivity contribution is 5.89. The van der Waals surface area contributed by atoms with E-state index in [1.54, 1.807) is 13.8 Å². The van der Waals surface area contributed by atoms with E-state index >= 15 is 0 Å². The molecule has 0 aliphatic rings. The molecule has 0 saturated carbocycles. The molecule has 1 aromatic rings. The van der Waals surface area contributed by atoms with Crippen molar-refractivity contribution in [3.63, 3.8) is 0 Å². The molecule has 124 valence electrons. The maximum Gasteiger partial charge on any atom is 0.416 e. The molecule has 0 heterocycles. The smallest absolute Gasteiger partial charge is 0.325 e. The first-order chi connectivity index (χ1) is 9.98. The molecule has 0 aromatic heterocycles. The minimum atomic E-state index is -4.95. The Morgan fingerprint density at radius 1 is 0.955 bits per heavy atom. The molecular formula is C13H14F6N2O. The Balaban J connectivity index is 3.22. The highest BCUT2D eigenvalue weighted by atomic mass is 19.4. The van der Waals surface area contributed by atoms with Gasteiger partial charge in [-0.25, -0.2) is 4.79 Å². The summed E-state index contributed by atoms with van der Waals surface area (Å²) in [6.07, 6.45) is -9.90. The minimum Gasteiger partial charge on any atom is -0.325 e. The molecule has 0 aliphatic carbocycles. The van der Waals surface area contributed by atoms with Crippen LogP contribution in [0.25, 0.3) is 0 Å². The lowest BCUT2D eigenvalue weighted by Crippen LogP contribution is -2.34. The average Bonchev–Trinajstić information content (AvgIpc) is 2.37. The first-order valence-electron chi connectivity index (χ1n) is 6.34. The van der Waals surface area contributed by atoms with Gasteiger partial charge in [-0.2, -0.15) is 26.3 Å². The van der Waals surface area contributed by atoms with Crippen LogP contribution in [0.15, 0.2) is 18.2 Å². The SMILES string of the molecule is CCN(CC)C(=O)Nc1cc(C(F)(F)F)cc(C(F)(F)F)c1. The number of nitrogens with one attached hydrogen (secondary N) is 1. The number of anilines is 1. The first-order valence-corrected chi connectivity index (χ1v) is 6.34. The van der Waals surface area contributed by atoms with Gasteiger partial charge in [-0.15, -0.1) is 0 Å². The lowest BCUT2D eigenvalue weighted by Gasteiger charge is -2.20. The van der Waals surface area contributed by atoms with Crippen LogP contribution in [-0.2, 0) is 12.4 Å². The molecule has 0 atom stereocenters. The van der Waals surface area contributed by atoms with Gasteiger partial charge in [0.1, 0.15) is 0 Å². The largest absolute Gasteiger partial charge is 0.416 e. The molecule has 2 amide bonds. The standard InChI is InChI=1S/C13H14F6N2O/c1-3-21(4-2)11(22)20-10-6-8(12(14,15)16)5-9(7-10)13(17,18)19/h5-7H,3-4H2,1-2H3,(H,20,22). The van der Waals surface area contributed by atoms with Gasteiger partial charge in [0.25, 0.3) is 0 Å². The summed E-state index contributed by atoms with van der Waals surface area (Å²) in [5.74, 6) is 0. The van der Waals surface area contributed by atoms with Crippen molar-refractivity contribution in [3.8, 4) is 0 Å². The van der Waals surface area contributed by atoms with Gasteiger partial charge in [-0.3, -0.25) is 0 Å². The molecule has 3 nitrogen and oxygen atoms in total. The fraction of sp³-hybridized carbons (Fsp3) is 0.462. The predicted molar refractivity (Wildman–Crippen MR) is 68.4 cm³/mol. The average molecular weight is 328 g/mol. The van der Waals surface area contributed by atoms with E-state index in [4.69, 9.17) is 0 Å². The lowest BCUT2D eigenvalue weighted by molar-refractivity contribution is -0.143. The third-order valence-electron chi connectivity index (χ3n) is 2.89. The van der Waals surface area contributed by atoms with Crippen molar-refractivity contribution in [2.45, 2.75) is 26.2 Å². The van der Waals surface area contributed by atoms with Gasteiger partial charge >= 0.3 is 18.4 Å². The van der Waals surface area contributed by atoms with Crippen molar-refractivity contribution in [3.05, 3.63) is 29.3 Å². The summed E-state index contributed by atoms with van der Waals surface area (Å²) < 4.78 is 76.0. The number of hydrogen-bond donors (Lipinski definition) is 1. The fourth-order valence-electron chi connectivity index (χ4n) is 1.74. The number of hydrogen-bond acceptors (Lipinski definition) is 1. The molecule has 1 N–H and O–H groups in total. The van der Waals surface area contributed by atoms with E-state index in [0.717, 1.165) is 0 Å². The summed E-state index contributed by atoms with van der Waals surface area (Å²) in [6, 6.07) is 0.179. The van der Waals surface area contributed by atoms with Gasteiger partial charge in [0.05, 0.1) is 11.1 Å². The second-order valence-corrected chi connectivity index (χ2v) is 4.40. The monoisotopic (exact) mass is 328 g/mol. The summed E-state index contributed by atoms with van der Waals surface area (Å²) >= 11 is 0. The summed E-state index contributed by atoms with van der Waals surface area (Å²) in [7, 11) is 0. The molecule has 0 saturated heterocycles. The van der Waals surface area contributed by atoms with Gasteiger partial charge in [0, 0.05) is 18.8 Å². The van der Waals surface area contributed by atoms with Crippen molar-refractivity contribution in [2.24, 2.45) is 0 Å². The number of rotatable bonds is 3. The second-order valence-electron chi connectivity index (χ2n) is 4.40. The van der Waals surface area contributed by atoms with Crippen LogP contribution in [0, 0.1) is 0 Å². The highest BCUT2D eigenvalue weighted by Crippen LogP contribution is 2.37. The fourth-order valence-corrected chi connectivity index (χ4v) is 1.74. The summed E-state index contributed by atoms with van der Waals surface area (Å²) in [5, 5.41) is 2.06. The molecule has 0 radical (unpaired) electrons. The number of urea groups is 1. The van der Waals surface area contributed by atoms with Crippen LogP contribution in [-0.4, -0.2) is 24.0 Å². The van der Waals surface area contributed by atoms with Crippen LogP contribution in [0.2, 0.25) is 0 Å². The van der Waals surface area contributed by atoms with Gasteiger partial charge in [-0.05, 0) is 32.0 Å². The van der Waals surface area contributed by atoms with E-state index in [2.05, 4.69) is 5.32 Å². The Morgan fingerprint density at radius 3 is 1.68 bits per heavy atom. The molecule has 0 aliphatic heterocycles. The van der Waals surface area contributed by atoms with Crippen LogP contribution >= 0.6 is 0 Å². The zero-order valence-corrected chi connectivity index (χ0v) is 11.8. The molecule has 9 heteroatoms. The number of halogens is 6. The first kappa shape index (κ1) is 18.1. The maximum atomic E-state index is 12.7. The Hall–Kier alpha value is -1.93. The molecule has 1 rings (SSSR count). The minimum absolute atomic E-state index is 0.00701. The summed E-state index contributed by atoms with van der Waals surface area (Å²) in [5.41, 5.74) is -3.51. The van der Waals surface area contributed by atoms with Crippen molar-refractivity contribution in [2.75, 3.05) is 18.4 Å². The number of carbonyl (C=O) groups is 1. The maximum absolute atomic E-state index is 12.7. The van der Waals surface area contributed by atoms with Crippen LogP contribution in [0.1, 0.15) is 25.0 Å². The highest BCUT2D eigenvalue weighted by Gasteiger charge is 2.37. The Kier molecular flexibility index (Phi) is 5.31. The zero-order chi connectivity index (χ0) is 17.1. The quantitative estimate of drug-likeness (QED) is 0.808. The Bertz CT molecular complexity index is 502. The van der Waals surface area contributed by atoms with E-state index in [1.165, 1.54) is 4.90 Å². The third kappa shape index (κ3) is 4.54. The van der Waals surface area contributed by atoms with Crippen molar-refractivity contribution in [1.82, 2.24) is 4.90 Å². The van der Waals surface area contributed by atoms with Crippen LogP contribution in [0.3, 0.4) is 0 Å². The summed E-state index contributed by atoms with van der Waals surface area (Å²) in [6.45, 7) is 3.81. The van der Waals surface area contributed by atoms with Gasteiger partial charge in [-0.1, -0.05) is 0 Å². The van der Waals surface area contributed by atoms with E-state index < -0.39 is 35.2 Å². The number of benzene rings is 1. The van der Waals surface area contributed by atoms with Crippen LogP contribution in [0.5, 0.6) is 0 Å². The van der Waals surface area contributed by atoms with Gasteiger partial charge in [0.15, 0.2) is 0 Å². The third-order valence-corrected chi connectivity index (χ3v) is 2.89. The zero-order valence-electron chi connectivity index (χ0n) is 11.8. The molecule has 0 bridgehead atoms. The molecule has 0 fully saturated rings. The van der Waals surface area contributed by atoms with Crippen molar-refractivity contribution >= 4 is 11.7 Å². The van der Waals surface area contributed by atoms with Crippen LogP contribution < -0.4 is 5.32 Å².